The first-order valence-corrected chi connectivity index (χ1v) is 7.33. The van der Waals surface area contributed by atoms with Gasteiger partial charge in [-0.2, -0.15) is 0 Å². The van der Waals surface area contributed by atoms with Crippen LogP contribution < -0.4 is 5.73 Å². The minimum absolute atomic E-state index is 0.300. The first-order chi connectivity index (χ1) is 10.1. The Morgan fingerprint density at radius 2 is 1.90 bits per heavy atom. The summed E-state index contributed by atoms with van der Waals surface area (Å²) in [4.78, 5) is 4.74. The molecular weight excluding hydrogens is 290 g/mol. The maximum absolute atomic E-state index is 13.8. The average Bonchev–Trinajstić information content (AvgIpc) is 2.48. The summed E-state index contributed by atoms with van der Waals surface area (Å²) in [6, 6.07) is 11.1. The Hall–Kier alpha value is -2.14. The van der Waals surface area contributed by atoms with Crippen molar-refractivity contribution < 1.29 is 8.78 Å². The number of nitrogen functional groups attached to an aromatic ring is 1. The first kappa shape index (κ1) is 13.8. The average molecular weight is 302 g/mol. The summed E-state index contributed by atoms with van der Waals surface area (Å²) in [7, 11) is 0. The van der Waals surface area contributed by atoms with Crippen molar-refractivity contribution in [3.05, 3.63) is 65.9 Å². The van der Waals surface area contributed by atoms with Gasteiger partial charge in [-0.25, -0.2) is 8.78 Å². The molecule has 0 radical (unpaired) electrons. The van der Waals surface area contributed by atoms with Gasteiger partial charge < -0.3 is 5.73 Å². The van der Waals surface area contributed by atoms with Crippen LogP contribution in [0.4, 0.5) is 14.5 Å². The predicted octanol–water partition coefficient (Wildman–Crippen LogP) is 4.39. The quantitative estimate of drug-likeness (QED) is 0.576. The van der Waals surface area contributed by atoms with Crippen molar-refractivity contribution in [2.45, 2.75) is 10.6 Å². The smallest absolute Gasteiger partial charge is 0.138 e. The van der Waals surface area contributed by atoms with Crippen LogP contribution in [0.1, 0.15) is 5.56 Å². The molecule has 0 aliphatic carbocycles. The monoisotopic (exact) mass is 302 g/mol. The molecule has 0 spiro atoms. The number of nitrogens with two attached hydrogens (primary N) is 1. The van der Waals surface area contributed by atoms with Gasteiger partial charge in [0.2, 0.25) is 0 Å². The van der Waals surface area contributed by atoms with Crippen molar-refractivity contribution in [3.63, 3.8) is 0 Å². The van der Waals surface area contributed by atoms with E-state index >= 15 is 0 Å². The van der Waals surface area contributed by atoms with Gasteiger partial charge in [0, 0.05) is 27.9 Å². The van der Waals surface area contributed by atoms with Gasteiger partial charge in [-0.1, -0.05) is 6.07 Å². The van der Waals surface area contributed by atoms with Gasteiger partial charge in [0.1, 0.15) is 11.6 Å². The summed E-state index contributed by atoms with van der Waals surface area (Å²) in [5, 5.41) is 0.480. The SMILES string of the molecule is Nc1ccc(SCc2ccc(F)c3cccnc23)c(F)c1. The molecule has 0 unspecified atom stereocenters. The molecule has 5 heteroatoms. The number of fused-ring (bicyclic) bond motifs is 1. The van der Waals surface area contributed by atoms with Crippen molar-refractivity contribution in [3.8, 4) is 0 Å². The molecule has 21 heavy (non-hydrogen) atoms. The Kier molecular flexibility index (Phi) is 3.75. The van der Waals surface area contributed by atoms with E-state index in [1.54, 1.807) is 36.5 Å². The fourth-order valence-corrected chi connectivity index (χ4v) is 3.01. The predicted molar refractivity (Wildman–Crippen MR) is 82.1 cm³/mol. The largest absolute Gasteiger partial charge is 0.399 e. The summed E-state index contributed by atoms with van der Waals surface area (Å²) in [6.07, 6.45) is 1.62. The Labute approximate surface area is 125 Å². The molecule has 3 aromatic rings. The van der Waals surface area contributed by atoms with Crippen molar-refractivity contribution in [1.82, 2.24) is 4.98 Å². The number of pyridine rings is 1. The Morgan fingerprint density at radius 3 is 2.71 bits per heavy atom. The molecule has 0 aliphatic heterocycles. The fraction of sp³-hybridized carbons (Fsp3) is 0.0625. The van der Waals surface area contributed by atoms with Crippen molar-refractivity contribution in [2.24, 2.45) is 0 Å². The van der Waals surface area contributed by atoms with Crippen molar-refractivity contribution in [1.29, 1.82) is 0 Å². The third-order valence-electron chi connectivity index (χ3n) is 3.14. The number of anilines is 1. The van der Waals surface area contributed by atoms with E-state index in [1.165, 1.54) is 23.9 Å². The van der Waals surface area contributed by atoms with Gasteiger partial charge in [0.25, 0.3) is 0 Å². The minimum Gasteiger partial charge on any atom is -0.399 e. The van der Waals surface area contributed by atoms with E-state index in [-0.39, 0.29) is 11.6 Å². The Morgan fingerprint density at radius 1 is 1.05 bits per heavy atom. The van der Waals surface area contributed by atoms with Gasteiger partial charge in [0.05, 0.1) is 5.52 Å². The van der Waals surface area contributed by atoms with Crippen LogP contribution in [0.3, 0.4) is 0 Å². The van der Waals surface area contributed by atoms with Crippen LogP contribution in [-0.4, -0.2) is 4.98 Å². The van der Waals surface area contributed by atoms with E-state index in [9.17, 15) is 8.78 Å². The summed E-state index contributed by atoms with van der Waals surface area (Å²) in [6.45, 7) is 0. The molecule has 1 heterocycles. The molecule has 0 amide bonds. The van der Waals surface area contributed by atoms with E-state index in [4.69, 9.17) is 5.73 Å². The van der Waals surface area contributed by atoms with Gasteiger partial charge >= 0.3 is 0 Å². The number of thioether (sulfide) groups is 1. The lowest BCUT2D eigenvalue weighted by atomic mass is 10.1. The molecule has 106 valence electrons. The lowest BCUT2D eigenvalue weighted by molar-refractivity contribution is 0.602. The van der Waals surface area contributed by atoms with Crippen molar-refractivity contribution in [2.75, 3.05) is 5.73 Å². The maximum Gasteiger partial charge on any atom is 0.138 e. The van der Waals surface area contributed by atoms with E-state index in [0.717, 1.165) is 5.56 Å². The summed E-state index contributed by atoms with van der Waals surface area (Å²) in [5.41, 5.74) is 7.40. The summed E-state index contributed by atoms with van der Waals surface area (Å²) < 4.78 is 27.5. The first-order valence-electron chi connectivity index (χ1n) is 6.35. The highest BCUT2D eigenvalue weighted by Gasteiger charge is 2.09. The van der Waals surface area contributed by atoms with Crippen LogP contribution >= 0.6 is 11.8 Å². The number of aromatic nitrogens is 1. The second-order valence-electron chi connectivity index (χ2n) is 4.58. The lowest BCUT2D eigenvalue weighted by Gasteiger charge is -2.07. The third kappa shape index (κ3) is 2.83. The zero-order chi connectivity index (χ0) is 14.8. The molecule has 0 atom stereocenters. The Bertz CT molecular complexity index is 805. The lowest BCUT2D eigenvalue weighted by Crippen LogP contribution is -1.92. The maximum atomic E-state index is 13.8. The highest BCUT2D eigenvalue weighted by Crippen LogP contribution is 2.29. The number of rotatable bonds is 3. The van der Waals surface area contributed by atoms with Crippen LogP contribution in [0.5, 0.6) is 0 Å². The molecule has 3 rings (SSSR count). The minimum atomic E-state index is -0.348. The van der Waals surface area contributed by atoms with E-state index in [2.05, 4.69) is 4.98 Å². The topological polar surface area (TPSA) is 38.9 Å². The molecule has 1 aromatic heterocycles. The molecule has 0 aliphatic rings. The fourth-order valence-electron chi connectivity index (χ4n) is 2.10. The third-order valence-corrected chi connectivity index (χ3v) is 4.24. The number of benzene rings is 2. The highest BCUT2D eigenvalue weighted by atomic mass is 32.2. The van der Waals surface area contributed by atoms with E-state index in [1.807, 2.05) is 0 Å². The normalized spacial score (nSPS) is 11.0. The van der Waals surface area contributed by atoms with E-state index in [0.29, 0.717) is 27.2 Å². The zero-order valence-electron chi connectivity index (χ0n) is 11.0. The van der Waals surface area contributed by atoms with Crippen LogP contribution in [0.15, 0.2) is 53.6 Å². The highest BCUT2D eigenvalue weighted by molar-refractivity contribution is 7.98. The van der Waals surface area contributed by atoms with E-state index < -0.39 is 0 Å². The number of hydrogen-bond acceptors (Lipinski definition) is 3. The summed E-state index contributed by atoms with van der Waals surface area (Å²) >= 11 is 1.34. The molecule has 0 fully saturated rings. The molecule has 2 aromatic carbocycles. The number of hydrogen-bond donors (Lipinski definition) is 1. The van der Waals surface area contributed by atoms with Crippen molar-refractivity contribution >= 4 is 28.4 Å². The van der Waals surface area contributed by atoms with Gasteiger partial charge in [-0.3, -0.25) is 4.98 Å². The van der Waals surface area contributed by atoms with Gasteiger partial charge in [-0.05, 0) is 42.0 Å². The summed E-state index contributed by atoms with van der Waals surface area (Å²) in [5.74, 6) is -0.140. The standard InChI is InChI=1S/C16H12F2N2S/c17-13-5-3-10(16-12(13)2-1-7-20-16)9-21-15-6-4-11(19)8-14(15)18/h1-8H,9,19H2. The number of halogens is 2. The molecule has 0 bridgehead atoms. The molecule has 0 saturated heterocycles. The zero-order valence-corrected chi connectivity index (χ0v) is 11.8. The van der Waals surface area contributed by atoms with Crippen LogP contribution in [-0.2, 0) is 5.75 Å². The van der Waals surface area contributed by atoms with Crippen LogP contribution in [0.25, 0.3) is 10.9 Å². The van der Waals surface area contributed by atoms with Crippen LogP contribution in [0, 0.1) is 11.6 Å². The van der Waals surface area contributed by atoms with Gasteiger partial charge in [0.15, 0.2) is 0 Å². The molecule has 2 N–H and O–H groups in total. The Balaban J connectivity index is 1.90. The second-order valence-corrected chi connectivity index (χ2v) is 5.60. The number of nitrogens with zero attached hydrogens (tertiary/aromatic N) is 1. The molecule has 0 saturated carbocycles. The van der Waals surface area contributed by atoms with Gasteiger partial charge in [-0.15, -0.1) is 11.8 Å². The molecular formula is C16H12F2N2S. The van der Waals surface area contributed by atoms with Crippen LogP contribution in [0.2, 0.25) is 0 Å². The second kappa shape index (κ2) is 5.69. The molecule has 2 nitrogen and oxygen atoms in total.